The molecule has 0 aliphatic heterocycles. The Morgan fingerprint density at radius 2 is 2.05 bits per heavy atom. The average molecular weight is 255 g/mol. The molecule has 0 saturated carbocycles. The van der Waals surface area contributed by atoms with Crippen molar-refractivity contribution in [1.29, 1.82) is 5.26 Å². The van der Waals surface area contributed by atoms with Gasteiger partial charge in [-0.05, 0) is 12.0 Å². The number of benzene rings is 1. The minimum atomic E-state index is 0.0970. The van der Waals surface area contributed by atoms with Crippen molar-refractivity contribution in [2.75, 3.05) is 11.9 Å². The molecular formula is C14H17N5. The van der Waals surface area contributed by atoms with E-state index in [0.717, 1.165) is 16.6 Å². The molecule has 0 aliphatic rings. The average Bonchev–Trinajstić information content (AvgIpc) is 2.44. The fraction of sp³-hybridized carbons (Fsp3) is 0.357. The Morgan fingerprint density at radius 1 is 1.32 bits per heavy atom. The number of nitrogens with one attached hydrogen (secondary N) is 1. The second-order valence-electron chi connectivity index (χ2n) is 4.78. The van der Waals surface area contributed by atoms with E-state index < -0.39 is 0 Å². The minimum Gasteiger partial charge on any atom is -0.378 e. The summed E-state index contributed by atoms with van der Waals surface area (Å²) in [4.78, 5) is 0. The van der Waals surface area contributed by atoms with E-state index in [-0.39, 0.29) is 6.04 Å². The van der Waals surface area contributed by atoms with E-state index in [1.54, 1.807) is 0 Å². The van der Waals surface area contributed by atoms with Gasteiger partial charge in [0.05, 0.1) is 11.2 Å². The van der Waals surface area contributed by atoms with Crippen LogP contribution in [0.15, 0.2) is 24.3 Å². The van der Waals surface area contributed by atoms with Gasteiger partial charge >= 0.3 is 0 Å². The Balaban J connectivity index is 2.53. The third-order valence-electron chi connectivity index (χ3n) is 3.16. The lowest BCUT2D eigenvalue weighted by molar-refractivity contribution is 0.531. The topological polar surface area (TPSA) is 87.6 Å². The molecule has 0 fully saturated rings. The van der Waals surface area contributed by atoms with Gasteiger partial charge in [0.1, 0.15) is 6.07 Å². The number of rotatable bonds is 4. The van der Waals surface area contributed by atoms with Crippen molar-refractivity contribution in [3.8, 4) is 6.07 Å². The lowest BCUT2D eigenvalue weighted by Crippen LogP contribution is -2.34. The Morgan fingerprint density at radius 3 is 2.68 bits per heavy atom. The van der Waals surface area contributed by atoms with E-state index in [1.165, 1.54) is 0 Å². The van der Waals surface area contributed by atoms with Gasteiger partial charge in [-0.2, -0.15) is 5.26 Å². The first kappa shape index (κ1) is 13.2. The number of hydrogen-bond donors (Lipinski definition) is 2. The summed E-state index contributed by atoms with van der Waals surface area (Å²) in [5.41, 5.74) is 7.57. The number of nitrogens with two attached hydrogens (primary N) is 1. The van der Waals surface area contributed by atoms with Crippen LogP contribution < -0.4 is 11.1 Å². The molecule has 1 atom stereocenters. The monoisotopic (exact) mass is 255 g/mol. The third kappa shape index (κ3) is 2.64. The molecule has 0 radical (unpaired) electrons. The Labute approximate surface area is 112 Å². The smallest absolute Gasteiger partial charge is 0.186 e. The second kappa shape index (κ2) is 5.63. The molecular weight excluding hydrogens is 238 g/mol. The summed E-state index contributed by atoms with van der Waals surface area (Å²) in [6.45, 7) is 4.68. The summed E-state index contributed by atoms with van der Waals surface area (Å²) in [6, 6.07) is 9.80. The highest BCUT2D eigenvalue weighted by molar-refractivity contribution is 5.92. The summed E-state index contributed by atoms with van der Waals surface area (Å²) < 4.78 is 0. The van der Waals surface area contributed by atoms with Crippen molar-refractivity contribution in [3.63, 3.8) is 0 Å². The van der Waals surface area contributed by atoms with Crippen molar-refractivity contribution in [2.45, 2.75) is 19.9 Å². The Kier molecular flexibility index (Phi) is 3.93. The molecule has 5 nitrogen and oxygen atoms in total. The zero-order valence-electron chi connectivity index (χ0n) is 11.1. The van der Waals surface area contributed by atoms with Crippen LogP contribution in [0.3, 0.4) is 0 Å². The van der Waals surface area contributed by atoms with Crippen LogP contribution in [-0.4, -0.2) is 22.8 Å². The van der Waals surface area contributed by atoms with Crippen LogP contribution in [0.25, 0.3) is 10.9 Å². The quantitative estimate of drug-likeness (QED) is 0.871. The zero-order valence-corrected chi connectivity index (χ0v) is 11.1. The van der Waals surface area contributed by atoms with Gasteiger partial charge in [-0.1, -0.05) is 32.0 Å². The predicted octanol–water partition coefficient (Wildman–Crippen LogP) is 1.90. The maximum atomic E-state index is 9.18. The van der Waals surface area contributed by atoms with E-state index in [1.807, 2.05) is 24.3 Å². The fourth-order valence-corrected chi connectivity index (χ4v) is 1.96. The van der Waals surface area contributed by atoms with Crippen LogP contribution in [0.5, 0.6) is 0 Å². The second-order valence-corrected chi connectivity index (χ2v) is 4.78. The standard InChI is InChI=1S/C14H17N5/c1-9(2)12(7-15)17-14-10-5-3-4-6-11(10)18-19-13(14)8-16/h3-6,9,12H,7,15H2,1-2H3,(H,17,18). The summed E-state index contributed by atoms with van der Waals surface area (Å²) in [7, 11) is 0. The number of aromatic nitrogens is 2. The van der Waals surface area contributed by atoms with Crippen molar-refractivity contribution in [2.24, 2.45) is 11.7 Å². The Hall–Kier alpha value is -2.19. The van der Waals surface area contributed by atoms with E-state index >= 15 is 0 Å². The van der Waals surface area contributed by atoms with Crippen LogP contribution in [0.4, 0.5) is 5.69 Å². The van der Waals surface area contributed by atoms with Gasteiger partial charge in [0.25, 0.3) is 0 Å². The van der Waals surface area contributed by atoms with E-state index in [2.05, 4.69) is 35.4 Å². The molecule has 0 amide bonds. The molecule has 98 valence electrons. The molecule has 1 heterocycles. The summed E-state index contributed by atoms with van der Waals surface area (Å²) in [5, 5.41) is 21.4. The number of fused-ring (bicyclic) bond motifs is 1. The van der Waals surface area contributed by atoms with Crippen molar-refractivity contribution in [3.05, 3.63) is 30.0 Å². The van der Waals surface area contributed by atoms with E-state index in [0.29, 0.717) is 18.2 Å². The van der Waals surface area contributed by atoms with Gasteiger partial charge in [0, 0.05) is 18.0 Å². The van der Waals surface area contributed by atoms with Crippen molar-refractivity contribution < 1.29 is 0 Å². The number of hydrogen-bond acceptors (Lipinski definition) is 5. The molecule has 1 aromatic heterocycles. The van der Waals surface area contributed by atoms with Crippen molar-refractivity contribution in [1.82, 2.24) is 10.2 Å². The predicted molar refractivity (Wildman–Crippen MR) is 75.6 cm³/mol. The first-order valence-corrected chi connectivity index (χ1v) is 6.29. The number of nitriles is 1. The number of anilines is 1. The molecule has 0 spiro atoms. The Bertz CT molecular complexity index is 615. The SMILES string of the molecule is CC(C)C(CN)Nc1c(C#N)nnc2ccccc12. The molecule has 1 aromatic carbocycles. The largest absolute Gasteiger partial charge is 0.378 e. The molecule has 0 saturated heterocycles. The maximum Gasteiger partial charge on any atom is 0.186 e. The highest BCUT2D eigenvalue weighted by Crippen LogP contribution is 2.25. The molecule has 2 aromatic rings. The van der Waals surface area contributed by atoms with Gasteiger partial charge in [0.2, 0.25) is 0 Å². The molecule has 3 N–H and O–H groups in total. The summed E-state index contributed by atoms with van der Waals surface area (Å²) in [5.74, 6) is 0.364. The highest BCUT2D eigenvalue weighted by Gasteiger charge is 2.16. The van der Waals surface area contributed by atoms with Gasteiger partial charge in [-0.25, -0.2) is 0 Å². The lowest BCUT2D eigenvalue weighted by atomic mass is 10.0. The van der Waals surface area contributed by atoms with Gasteiger partial charge in [0.15, 0.2) is 5.69 Å². The van der Waals surface area contributed by atoms with E-state index in [9.17, 15) is 5.26 Å². The summed E-state index contributed by atoms with van der Waals surface area (Å²) in [6.07, 6.45) is 0. The lowest BCUT2D eigenvalue weighted by Gasteiger charge is -2.22. The van der Waals surface area contributed by atoms with Gasteiger partial charge in [-0.15, -0.1) is 10.2 Å². The zero-order chi connectivity index (χ0) is 13.8. The number of nitrogens with zero attached hydrogens (tertiary/aromatic N) is 3. The van der Waals surface area contributed by atoms with Crippen LogP contribution in [0.2, 0.25) is 0 Å². The first-order valence-electron chi connectivity index (χ1n) is 6.29. The molecule has 2 rings (SSSR count). The maximum absolute atomic E-state index is 9.18. The molecule has 0 aliphatic carbocycles. The molecule has 5 heteroatoms. The third-order valence-corrected chi connectivity index (χ3v) is 3.16. The van der Waals surface area contributed by atoms with Gasteiger partial charge in [-0.3, -0.25) is 0 Å². The summed E-state index contributed by atoms with van der Waals surface area (Å²) >= 11 is 0. The van der Waals surface area contributed by atoms with Crippen molar-refractivity contribution >= 4 is 16.6 Å². The van der Waals surface area contributed by atoms with Crippen LogP contribution >= 0.6 is 0 Å². The van der Waals surface area contributed by atoms with Crippen LogP contribution in [0.1, 0.15) is 19.5 Å². The normalized spacial score (nSPS) is 12.4. The van der Waals surface area contributed by atoms with Crippen LogP contribution in [0, 0.1) is 17.2 Å². The molecule has 0 bridgehead atoms. The van der Waals surface area contributed by atoms with E-state index in [4.69, 9.17) is 5.73 Å². The highest BCUT2D eigenvalue weighted by atomic mass is 15.1. The minimum absolute atomic E-state index is 0.0970. The van der Waals surface area contributed by atoms with Gasteiger partial charge < -0.3 is 11.1 Å². The fourth-order valence-electron chi connectivity index (χ4n) is 1.96. The molecule has 19 heavy (non-hydrogen) atoms. The first-order chi connectivity index (χ1) is 9.17. The van der Waals surface area contributed by atoms with Crippen LogP contribution in [-0.2, 0) is 0 Å². The molecule has 1 unspecified atom stereocenters.